The Kier molecular flexibility index (Phi) is 8.09. The van der Waals surface area contributed by atoms with Crippen molar-refractivity contribution in [3.8, 4) is 0 Å². The van der Waals surface area contributed by atoms with E-state index in [1.165, 1.54) is 9.21 Å². The number of carbonyl (C=O) groups excluding carboxylic acids is 2. The molecule has 1 N–H and O–H groups in total. The average Bonchev–Trinajstić information content (AvgIpc) is 3.09. The summed E-state index contributed by atoms with van der Waals surface area (Å²) in [6, 6.07) is 17.3. The number of carbonyl (C=O) groups is 2. The highest BCUT2D eigenvalue weighted by Crippen LogP contribution is 2.42. The van der Waals surface area contributed by atoms with Crippen molar-refractivity contribution in [1.29, 1.82) is 0 Å². The van der Waals surface area contributed by atoms with Gasteiger partial charge in [-0.2, -0.15) is 0 Å². The van der Waals surface area contributed by atoms with Gasteiger partial charge in [0.2, 0.25) is 11.8 Å². The molecular formula is C28H32ClN3O4S. The number of rotatable bonds is 10. The van der Waals surface area contributed by atoms with Crippen LogP contribution >= 0.6 is 11.6 Å². The summed E-state index contributed by atoms with van der Waals surface area (Å²) in [5.41, 5.74) is 1.38. The van der Waals surface area contributed by atoms with E-state index in [1.54, 1.807) is 31.2 Å². The molecule has 0 saturated carbocycles. The summed E-state index contributed by atoms with van der Waals surface area (Å²) in [7, 11) is -3.69. The van der Waals surface area contributed by atoms with Gasteiger partial charge in [-0.1, -0.05) is 67.9 Å². The molecule has 9 heteroatoms. The number of anilines is 1. The molecule has 1 aliphatic rings. The smallest absolute Gasteiger partial charge is 0.265 e. The predicted molar refractivity (Wildman–Crippen MR) is 147 cm³/mol. The largest absolute Gasteiger partial charge is 0.354 e. The summed E-state index contributed by atoms with van der Waals surface area (Å²) in [6.45, 7) is 6.56. The zero-order valence-electron chi connectivity index (χ0n) is 21.3. The van der Waals surface area contributed by atoms with Gasteiger partial charge < -0.3 is 10.2 Å². The van der Waals surface area contributed by atoms with Crippen molar-refractivity contribution >= 4 is 49.9 Å². The maximum atomic E-state index is 13.4. The molecule has 7 nitrogen and oxygen atoms in total. The van der Waals surface area contributed by atoms with Crippen LogP contribution in [-0.2, 0) is 26.2 Å². The van der Waals surface area contributed by atoms with Crippen LogP contribution in [0.1, 0.15) is 39.2 Å². The highest BCUT2D eigenvalue weighted by Gasteiger charge is 2.35. The topological polar surface area (TPSA) is 86.8 Å². The van der Waals surface area contributed by atoms with Gasteiger partial charge in [0.1, 0.15) is 6.04 Å². The monoisotopic (exact) mass is 541 g/mol. The van der Waals surface area contributed by atoms with Crippen LogP contribution in [0.15, 0.2) is 65.6 Å². The average molecular weight is 542 g/mol. The minimum absolute atomic E-state index is 0.0879. The summed E-state index contributed by atoms with van der Waals surface area (Å²) in [5, 5.41) is 4.99. The van der Waals surface area contributed by atoms with Gasteiger partial charge in [0.15, 0.2) is 0 Å². The first-order valence-corrected chi connectivity index (χ1v) is 14.3. The molecule has 1 atom stereocenters. The minimum Gasteiger partial charge on any atom is -0.354 e. The second-order valence-corrected chi connectivity index (χ2v) is 12.0. The minimum atomic E-state index is -3.69. The van der Waals surface area contributed by atoms with Crippen molar-refractivity contribution in [2.75, 3.05) is 17.4 Å². The standard InChI is InChI=1S/C28H32ClN3O4S/c1-19(2)17-30-28(34)20(3)31(18-22-9-4-5-12-23(22)29)26(33)15-8-16-32-24-13-6-10-21-11-7-14-25(27(21)24)37(32,35)36/h4-7,9-14,19-20H,8,15-18H2,1-3H3,(H,30,34). The van der Waals surface area contributed by atoms with Gasteiger partial charge in [-0.15, -0.1) is 0 Å². The van der Waals surface area contributed by atoms with Crippen LogP contribution in [0, 0.1) is 5.92 Å². The maximum Gasteiger partial charge on any atom is 0.265 e. The molecule has 1 unspecified atom stereocenters. The van der Waals surface area contributed by atoms with Gasteiger partial charge in [0, 0.05) is 36.5 Å². The molecule has 4 rings (SSSR count). The molecule has 1 heterocycles. The number of nitrogens with one attached hydrogen (secondary N) is 1. The highest BCUT2D eigenvalue weighted by atomic mass is 35.5. The van der Waals surface area contributed by atoms with Gasteiger partial charge in [-0.25, -0.2) is 8.42 Å². The van der Waals surface area contributed by atoms with Crippen molar-refractivity contribution < 1.29 is 18.0 Å². The van der Waals surface area contributed by atoms with E-state index in [9.17, 15) is 18.0 Å². The highest BCUT2D eigenvalue weighted by molar-refractivity contribution is 7.93. The summed E-state index contributed by atoms with van der Waals surface area (Å²) in [5.74, 6) is -0.197. The lowest BCUT2D eigenvalue weighted by Crippen LogP contribution is -2.48. The Morgan fingerprint density at radius 3 is 2.41 bits per heavy atom. The van der Waals surface area contributed by atoms with E-state index < -0.39 is 16.1 Å². The molecule has 3 aromatic carbocycles. The molecule has 0 fully saturated rings. The maximum absolute atomic E-state index is 13.4. The Bertz CT molecular complexity index is 1420. The first-order valence-electron chi connectivity index (χ1n) is 12.5. The van der Waals surface area contributed by atoms with Crippen molar-refractivity contribution in [2.24, 2.45) is 5.92 Å². The van der Waals surface area contributed by atoms with Crippen LogP contribution in [0.25, 0.3) is 10.8 Å². The van der Waals surface area contributed by atoms with Crippen LogP contribution in [0.3, 0.4) is 0 Å². The van der Waals surface area contributed by atoms with E-state index in [1.807, 2.05) is 50.2 Å². The van der Waals surface area contributed by atoms with Crippen molar-refractivity contribution in [3.05, 3.63) is 71.2 Å². The van der Waals surface area contributed by atoms with Crippen LogP contribution < -0.4 is 9.62 Å². The van der Waals surface area contributed by atoms with Crippen LogP contribution in [0.5, 0.6) is 0 Å². The molecule has 0 aliphatic carbocycles. The molecule has 0 radical (unpaired) electrons. The first-order chi connectivity index (χ1) is 17.6. The fourth-order valence-corrected chi connectivity index (χ4v) is 6.51. The van der Waals surface area contributed by atoms with Gasteiger partial charge in [-0.05, 0) is 48.4 Å². The Labute approximate surface area is 223 Å². The van der Waals surface area contributed by atoms with E-state index in [0.717, 1.165) is 10.9 Å². The molecular weight excluding hydrogens is 510 g/mol. The zero-order chi connectivity index (χ0) is 26.7. The van der Waals surface area contributed by atoms with Gasteiger partial charge in [0.05, 0.1) is 10.6 Å². The predicted octanol–water partition coefficient (Wildman–Crippen LogP) is 4.97. The zero-order valence-corrected chi connectivity index (χ0v) is 22.8. The molecule has 37 heavy (non-hydrogen) atoms. The summed E-state index contributed by atoms with van der Waals surface area (Å²) in [6.07, 6.45) is 0.395. The number of halogens is 1. The normalized spacial score (nSPS) is 14.7. The summed E-state index contributed by atoms with van der Waals surface area (Å²) < 4.78 is 27.9. The first kappa shape index (κ1) is 26.9. The Balaban J connectivity index is 1.49. The van der Waals surface area contributed by atoms with Crippen LogP contribution in [-0.4, -0.2) is 44.3 Å². The van der Waals surface area contributed by atoms with Crippen LogP contribution in [0.4, 0.5) is 5.69 Å². The lowest BCUT2D eigenvalue weighted by atomic mass is 10.1. The summed E-state index contributed by atoms with van der Waals surface area (Å²) in [4.78, 5) is 28.1. The third-order valence-electron chi connectivity index (χ3n) is 6.58. The van der Waals surface area contributed by atoms with Gasteiger partial charge >= 0.3 is 0 Å². The number of hydrogen-bond donors (Lipinski definition) is 1. The van der Waals surface area contributed by atoms with Crippen molar-refractivity contribution in [2.45, 2.75) is 51.1 Å². The van der Waals surface area contributed by atoms with E-state index in [0.29, 0.717) is 34.0 Å². The molecule has 0 aromatic heterocycles. The SMILES string of the molecule is CC(C)CNC(=O)C(C)N(Cc1ccccc1Cl)C(=O)CCCN1c2cccc3cccc(c23)S1(=O)=O. The van der Waals surface area contributed by atoms with E-state index in [4.69, 9.17) is 11.6 Å². The number of benzene rings is 3. The molecule has 0 saturated heterocycles. The quantitative estimate of drug-likeness (QED) is 0.392. The number of amides is 2. The second kappa shape index (κ2) is 11.1. The molecule has 0 spiro atoms. The second-order valence-electron chi connectivity index (χ2n) is 9.74. The molecule has 0 bridgehead atoms. The molecule has 3 aromatic rings. The lowest BCUT2D eigenvalue weighted by molar-refractivity contribution is -0.140. The van der Waals surface area contributed by atoms with E-state index >= 15 is 0 Å². The fraction of sp³-hybridized carbons (Fsp3) is 0.357. The number of nitrogens with zero attached hydrogens (tertiary/aromatic N) is 2. The Morgan fingerprint density at radius 2 is 1.70 bits per heavy atom. The Morgan fingerprint density at radius 1 is 1.00 bits per heavy atom. The third-order valence-corrected chi connectivity index (χ3v) is 8.81. The number of hydrogen-bond acceptors (Lipinski definition) is 4. The van der Waals surface area contributed by atoms with Crippen molar-refractivity contribution in [1.82, 2.24) is 10.2 Å². The van der Waals surface area contributed by atoms with Gasteiger partial charge in [-0.3, -0.25) is 13.9 Å². The van der Waals surface area contributed by atoms with E-state index in [2.05, 4.69) is 5.32 Å². The van der Waals surface area contributed by atoms with Crippen LogP contribution in [0.2, 0.25) is 5.02 Å². The number of sulfonamides is 1. The van der Waals surface area contributed by atoms with Crippen molar-refractivity contribution in [3.63, 3.8) is 0 Å². The Hall–Kier alpha value is -3.10. The lowest BCUT2D eigenvalue weighted by Gasteiger charge is -2.29. The van der Waals surface area contributed by atoms with Gasteiger partial charge in [0.25, 0.3) is 10.0 Å². The molecule has 1 aliphatic heterocycles. The summed E-state index contributed by atoms with van der Waals surface area (Å²) >= 11 is 6.35. The third kappa shape index (κ3) is 5.60. The van der Waals surface area contributed by atoms with E-state index in [-0.39, 0.29) is 37.2 Å². The molecule has 196 valence electrons. The molecule has 2 amide bonds. The fourth-order valence-electron chi connectivity index (χ4n) is 4.56.